The zero-order chi connectivity index (χ0) is 13.5. The molecular weight excluding hydrogens is 242 g/mol. The van der Waals surface area contributed by atoms with Gasteiger partial charge < -0.3 is 11.1 Å². The summed E-state index contributed by atoms with van der Waals surface area (Å²) >= 11 is 0. The largest absolute Gasteiger partial charge is 0.355 e. The fourth-order valence-corrected chi connectivity index (χ4v) is 3.25. The van der Waals surface area contributed by atoms with Crippen molar-refractivity contribution < 1.29 is 13.2 Å². The van der Waals surface area contributed by atoms with Crippen molar-refractivity contribution in [2.24, 2.45) is 5.73 Å². The van der Waals surface area contributed by atoms with Gasteiger partial charge in [-0.2, -0.15) is 4.31 Å². The molecule has 0 saturated carbocycles. The molecule has 0 aromatic rings. The molecule has 17 heavy (non-hydrogen) atoms. The number of sulfonamides is 1. The van der Waals surface area contributed by atoms with E-state index < -0.39 is 15.3 Å². The third-order valence-corrected chi connectivity index (χ3v) is 5.02. The van der Waals surface area contributed by atoms with E-state index in [0.717, 1.165) is 0 Å². The summed E-state index contributed by atoms with van der Waals surface area (Å²) in [6, 6.07) is 0. The van der Waals surface area contributed by atoms with Crippen LogP contribution >= 0.6 is 0 Å². The number of nitrogens with one attached hydrogen (secondary N) is 1. The van der Waals surface area contributed by atoms with E-state index in [4.69, 9.17) is 5.73 Å². The molecule has 0 heterocycles. The Morgan fingerprint density at radius 2 is 1.94 bits per heavy atom. The molecule has 0 rings (SSSR count). The number of nitrogens with two attached hydrogens (primary N) is 1. The average Bonchev–Trinajstić information content (AvgIpc) is 2.27. The minimum atomic E-state index is -3.48. The summed E-state index contributed by atoms with van der Waals surface area (Å²) in [5.74, 6) is -0.287. The first kappa shape index (κ1) is 16.3. The molecule has 3 N–H and O–H groups in total. The molecule has 0 saturated heterocycles. The minimum Gasteiger partial charge on any atom is -0.355 e. The Kier molecular flexibility index (Phi) is 7.33. The second kappa shape index (κ2) is 7.62. The summed E-state index contributed by atoms with van der Waals surface area (Å²) in [6.07, 6.45) is 0.449. The van der Waals surface area contributed by atoms with Crippen molar-refractivity contribution in [1.82, 2.24) is 9.62 Å². The summed E-state index contributed by atoms with van der Waals surface area (Å²) in [5, 5.41) is 1.97. The molecule has 7 heteroatoms. The second-order valence-electron chi connectivity index (χ2n) is 3.69. The fourth-order valence-electron chi connectivity index (χ4n) is 1.50. The van der Waals surface area contributed by atoms with Crippen LogP contribution in [0.15, 0.2) is 0 Å². The summed E-state index contributed by atoms with van der Waals surface area (Å²) in [5.41, 5.74) is 5.45. The van der Waals surface area contributed by atoms with Gasteiger partial charge in [0.25, 0.3) is 0 Å². The molecule has 0 aliphatic heterocycles. The first-order chi connectivity index (χ1) is 7.93. The minimum absolute atomic E-state index is 0.0741. The van der Waals surface area contributed by atoms with E-state index in [9.17, 15) is 13.2 Å². The summed E-state index contributed by atoms with van der Waals surface area (Å²) < 4.78 is 25.4. The Hall–Kier alpha value is -0.660. The third kappa shape index (κ3) is 4.61. The highest BCUT2D eigenvalue weighted by Crippen LogP contribution is 2.11. The van der Waals surface area contributed by atoms with Gasteiger partial charge in [-0.25, -0.2) is 8.42 Å². The molecule has 0 radical (unpaired) electrons. The number of carbonyl (C=O) groups excluding carboxylic acids is 1. The molecule has 0 spiro atoms. The molecule has 1 atom stereocenters. The van der Waals surface area contributed by atoms with Gasteiger partial charge in [-0.3, -0.25) is 4.79 Å². The van der Waals surface area contributed by atoms with Crippen LogP contribution < -0.4 is 11.1 Å². The molecule has 1 unspecified atom stereocenters. The van der Waals surface area contributed by atoms with Crippen molar-refractivity contribution in [2.45, 2.75) is 32.4 Å². The molecule has 102 valence electrons. The van der Waals surface area contributed by atoms with Gasteiger partial charge in [-0.1, -0.05) is 13.8 Å². The van der Waals surface area contributed by atoms with Gasteiger partial charge >= 0.3 is 0 Å². The lowest BCUT2D eigenvalue weighted by Gasteiger charge is -2.24. The number of amides is 1. The maximum atomic E-state index is 12.1. The highest BCUT2D eigenvalue weighted by Gasteiger charge is 2.29. The van der Waals surface area contributed by atoms with Crippen molar-refractivity contribution in [3.05, 3.63) is 0 Å². The van der Waals surface area contributed by atoms with E-state index in [1.807, 2.05) is 0 Å². The number of carbonyl (C=O) groups is 1. The van der Waals surface area contributed by atoms with Gasteiger partial charge in [0.1, 0.15) is 0 Å². The summed E-state index contributed by atoms with van der Waals surface area (Å²) in [4.78, 5) is 11.4. The van der Waals surface area contributed by atoms with Crippen LogP contribution in [0.5, 0.6) is 0 Å². The quantitative estimate of drug-likeness (QED) is 0.619. The smallest absolute Gasteiger partial charge is 0.235 e. The van der Waals surface area contributed by atoms with Gasteiger partial charge in [0, 0.05) is 19.6 Å². The Morgan fingerprint density at radius 1 is 1.35 bits per heavy atom. The Balaban J connectivity index is 4.80. The SMILES string of the molecule is CCNC(=O)CN(CC)S(=O)(=O)C(CC)CN. The van der Waals surface area contributed by atoms with E-state index in [-0.39, 0.29) is 25.5 Å². The Morgan fingerprint density at radius 3 is 2.29 bits per heavy atom. The van der Waals surface area contributed by atoms with Gasteiger partial charge in [-0.15, -0.1) is 0 Å². The topological polar surface area (TPSA) is 92.5 Å². The van der Waals surface area contributed by atoms with Crippen LogP contribution in [-0.2, 0) is 14.8 Å². The first-order valence-electron chi connectivity index (χ1n) is 5.89. The van der Waals surface area contributed by atoms with E-state index in [0.29, 0.717) is 13.0 Å². The van der Waals surface area contributed by atoms with E-state index in [1.54, 1.807) is 20.8 Å². The maximum absolute atomic E-state index is 12.1. The highest BCUT2D eigenvalue weighted by molar-refractivity contribution is 7.89. The van der Waals surface area contributed by atoms with Gasteiger partial charge in [0.05, 0.1) is 11.8 Å². The molecular formula is C10H23N3O3S. The van der Waals surface area contributed by atoms with Crippen molar-refractivity contribution in [3.8, 4) is 0 Å². The highest BCUT2D eigenvalue weighted by atomic mass is 32.2. The number of likely N-dealkylation sites (N-methyl/N-ethyl adjacent to an activating group) is 2. The van der Waals surface area contributed by atoms with Crippen molar-refractivity contribution >= 4 is 15.9 Å². The summed E-state index contributed by atoms with van der Waals surface area (Å²) in [7, 11) is -3.48. The molecule has 0 fully saturated rings. The predicted molar refractivity (Wildman–Crippen MR) is 68.0 cm³/mol. The van der Waals surface area contributed by atoms with Gasteiger partial charge in [0.15, 0.2) is 0 Å². The number of rotatable bonds is 8. The average molecular weight is 265 g/mol. The predicted octanol–water partition coefficient (Wildman–Crippen LogP) is -0.488. The standard InChI is InChI=1S/C10H23N3O3S/c1-4-9(7-11)17(15,16)13(6-3)8-10(14)12-5-2/h9H,4-8,11H2,1-3H3,(H,12,14). The normalized spacial score (nSPS) is 13.7. The molecule has 1 amide bonds. The number of hydrogen-bond donors (Lipinski definition) is 2. The zero-order valence-corrected chi connectivity index (χ0v) is 11.6. The number of hydrogen-bond acceptors (Lipinski definition) is 4. The van der Waals surface area contributed by atoms with Gasteiger partial charge in [0.2, 0.25) is 15.9 Å². The Bertz CT molecular complexity index is 326. The van der Waals surface area contributed by atoms with E-state index >= 15 is 0 Å². The number of nitrogens with zero attached hydrogens (tertiary/aromatic N) is 1. The van der Waals surface area contributed by atoms with Crippen LogP contribution in [-0.4, -0.2) is 50.1 Å². The third-order valence-electron chi connectivity index (χ3n) is 2.55. The van der Waals surface area contributed by atoms with Crippen molar-refractivity contribution in [1.29, 1.82) is 0 Å². The van der Waals surface area contributed by atoms with E-state index in [2.05, 4.69) is 5.32 Å². The maximum Gasteiger partial charge on any atom is 0.235 e. The zero-order valence-electron chi connectivity index (χ0n) is 10.8. The molecule has 0 aliphatic carbocycles. The van der Waals surface area contributed by atoms with Crippen LogP contribution in [0.3, 0.4) is 0 Å². The molecule has 0 aromatic carbocycles. The fraction of sp³-hybridized carbons (Fsp3) is 0.900. The van der Waals surface area contributed by atoms with Crippen LogP contribution in [0, 0.1) is 0 Å². The van der Waals surface area contributed by atoms with Crippen LogP contribution in [0.1, 0.15) is 27.2 Å². The van der Waals surface area contributed by atoms with Crippen LogP contribution in [0.25, 0.3) is 0 Å². The first-order valence-corrected chi connectivity index (χ1v) is 7.39. The monoisotopic (exact) mass is 265 g/mol. The molecule has 0 aromatic heterocycles. The molecule has 0 aliphatic rings. The lowest BCUT2D eigenvalue weighted by atomic mass is 10.3. The molecule has 6 nitrogen and oxygen atoms in total. The lowest BCUT2D eigenvalue weighted by molar-refractivity contribution is -0.121. The Labute approximate surface area is 104 Å². The van der Waals surface area contributed by atoms with Crippen molar-refractivity contribution in [2.75, 3.05) is 26.2 Å². The van der Waals surface area contributed by atoms with Crippen LogP contribution in [0.4, 0.5) is 0 Å². The summed E-state index contributed by atoms with van der Waals surface area (Å²) in [6.45, 7) is 5.97. The van der Waals surface area contributed by atoms with Gasteiger partial charge in [-0.05, 0) is 13.3 Å². The lowest BCUT2D eigenvalue weighted by Crippen LogP contribution is -2.46. The van der Waals surface area contributed by atoms with E-state index in [1.165, 1.54) is 4.31 Å². The van der Waals surface area contributed by atoms with Crippen LogP contribution in [0.2, 0.25) is 0 Å². The van der Waals surface area contributed by atoms with Crippen molar-refractivity contribution in [3.63, 3.8) is 0 Å². The molecule has 0 bridgehead atoms. The second-order valence-corrected chi connectivity index (χ2v) is 5.90.